The topological polar surface area (TPSA) is 39.4 Å². The third-order valence-corrected chi connectivity index (χ3v) is 2.24. The van der Waals surface area contributed by atoms with E-state index in [0.717, 1.165) is 0 Å². The zero-order valence-electron chi connectivity index (χ0n) is 9.84. The van der Waals surface area contributed by atoms with Crippen LogP contribution in [0.3, 0.4) is 0 Å². The maximum atomic E-state index is 12.1. The first-order chi connectivity index (χ1) is 8.18. The molecular formula is C14H14O3. The Morgan fingerprint density at radius 1 is 1.18 bits per heavy atom. The Kier molecular flexibility index (Phi) is 3.28. The van der Waals surface area contributed by atoms with E-state index in [2.05, 4.69) is 0 Å². The lowest BCUT2D eigenvalue weighted by atomic mass is 10.1. The maximum Gasteiger partial charge on any atom is 0.231 e. The summed E-state index contributed by atoms with van der Waals surface area (Å²) in [5, 5.41) is 0. The van der Waals surface area contributed by atoms with Gasteiger partial charge in [0, 0.05) is 0 Å². The molecule has 0 atom stereocenters. The highest BCUT2D eigenvalue weighted by molar-refractivity contribution is 6.08. The van der Waals surface area contributed by atoms with Gasteiger partial charge in [-0.1, -0.05) is 12.1 Å². The van der Waals surface area contributed by atoms with E-state index in [1.54, 1.807) is 24.3 Å². The van der Waals surface area contributed by atoms with Gasteiger partial charge in [0.05, 0.1) is 17.9 Å². The molecule has 0 unspecified atom stereocenters. The number of rotatable bonds is 4. The molecule has 1 aromatic heterocycles. The Bertz CT molecular complexity index is 498. The molecule has 0 aliphatic carbocycles. The molecule has 0 aliphatic rings. The van der Waals surface area contributed by atoms with Crippen molar-refractivity contribution in [2.24, 2.45) is 0 Å². The maximum absolute atomic E-state index is 12.1. The van der Waals surface area contributed by atoms with Crippen molar-refractivity contribution in [2.75, 3.05) is 0 Å². The van der Waals surface area contributed by atoms with E-state index in [1.165, 1.54) is 6.26 Å². The standard InChI is InChI=1S/C14H14O3/c1-10(2)17-12-7-4-3-6-11(12)14(15)13-8-5-9-16-13/h3-10H,1-2H3. The van der Waals surface area contributed by atoms with Crippen LogP contribution in [-0.2, 0) is 0 Å². The van der Waals surface area contributed by atoms with Crippen LogP contribution in [-0.4, -0.2) is 11.9 Å². The molecule has 17 heavy (non-hydrogen) atoms. The Morgan fingerprint density at radius 3 is 2.59 bits per heavy atom. The normalized spacial score (nSPS) is 10.5. The van der Waals surface area contributed by atoms with Crippen molar-refractivity contribution >= 4 is 5.78 Å². The Labute approximate surface area is 100 Å². The molecule has 1 aromatic carbocycles. The number of hydrogen-bond acceptors (Lipinski definition) is 3. The van der Waals surface area contributed by atoms with Gasteiger partial charge in [0.15, 0.2) is 5.76 Å². The van der Waals surface area contributed by atoms with E-state index in [4.69, 9.17) is 9.15 Å². The number of benzene rings is 1. The summed E-state index contributed by atoms with van der Waals surface area (Å²) in [6, 6.07) is 10.5. The highest BCUT2D eigenvalue weighted by atomic mass is 16.5. The second-order valence-electron chi connectivity index (χ2n) is 3.97. The summed E-state index contributed by atoms with van der Waals surface area (Å²) in [6.45, 7) is 3.85. The number of ether oxygens (including phenoxy) is 1. The van der Waals surface area contributed by atoms with Crippen LogP contribution < -0.4 is 4.74 Å². The zero-order chi connectivity index (χ0) is 12.3. The third-order valence-electron chi connectivity index (χ3n) is 2.24. The number of para-hydroxylation sites is 1. The number of furan rings is 1. The molecule has 0 bridgehead atoms. The van der Waals surface area contributed by atoms with Crippen molar-refractivity contribution < 1.29 is 13.9 Å². The van der Waals surface area contributed by atoms with Gasteiger partial charge in [-0.15, -0.1) is 0 Å². The number of carbonyl (C=O) groups excluding carboxylic acids is 1. The Hall–Kier alpha value is -2.03. The fourth-order valence-corrected chi connectivity index (χ4v) is 1.55. The van der Waals surface area contributed by atoms with Gasteiger partial charge in [-0.05, 0) is 38.1 Å². The first-order valence-electron chi connectivity index (χ1n) is 5.52. The molecule has 0 saturated heterocycles. The van der Waals surface area contributed by atoms with Gasteiger partial charge in [-0.2, -0.15) is 0 Å². The first kappa shape index (κ1) is 11.5. The summed E-state index contributed by atoms with van der Waals surface area (Å²) in [5.74, 6) is 0.750. The first-order valence-corrected chi connectivity index (χ1v) is 5.52. The molecular weight excluding hydrogens is 216 g/mol. The minimum absolute atomic E-state index is 0.0283. The van der Waals surface area contributed by atoms with Crippen molar-refractivity contribution in [1.29, 1.82) is 0 Å². The summed E-state index contributed by atoms with van der Waals surface area (Å²) in [5.41, 5.74) is 0.524. The van der Waals surface area contributed by atoms with E-state index >= 15 is 0 Å². The largest absolute Gasteiger partial charge is 0.490 e. The number of ketones is 1. The smallest absolute Gasteiger partial charge is 0.231 e. The zero-order valence-corrected chi connectivity index (χ0v) is 9.84. The van der Waals surface area contributed by atoms with E-state index in [1.807, 2.05) is 26.0 Å². The van der Waals surface area contributed by atoms with Crippen molar-refractivity contribution in [3.63, 3.8) is 0 Å². The molecule has 1 heterocycles. The van der Waals surface area contributed by atoms with Crippen molar-refractivity contribution in [3.05, 3.63) is 54.0 Å². The highest BCUT2D eigenvalue weighted by Gasteiger charge is 2.16. The number of hydrogen-bond donors (Lipinski definition) is 0. The lowest BCUT2D eigenvalue weighted by molar-refractivity contribution is 0.100. The van der Waals surface area contributed by atoms with Gasteiger partial charge >= 0.3 is 0 Å². The molecule has 2 rings (SSSR count). The molecule has 0 N–H and O–H groups in total. The van der Waals surface area contributed by atoms with Crippen LogP contribution in [0.1, 0.15) is 30.0 Å². The van der Waals surface area contributed by atoms with Crippen LogP contribution >= 0.6 is 0 Å². The molecule has 3 heteroatoms. The van der Waals surface area contributed by atoms with Crippen LogP contribution in [0.4, 0.5) is 0 Å². The van der Waals surface area contributed by atoms with Crippen LogP contribution in [0.5, 0.6) is 5.75 Å². The quantitative estimate of drug-likeness (QED) is 0.756. The fraction of sp³-hybridized carbons (Fsp3) is 0.214. The second-order valence-corrected chi connectivity index (χ2v) is 3.97. The lowest BCUT2D eigenvalue weighted by Gasteiger charge is -2.12. The van der Waals surface area contributed by atoms with Gasteiger partial charge in [0.2, 0.25) is 5.78 Å². The third kappa shape index (κ3) is 2.56. The number of carbonyl (C=O) groups is 1. The van der Waals surface area contributed by atoms with Gasteiger partial charge < -0.3 is 9.15 Å². The van der Waals surface area contributed by atoms with Crippen LogP contribution in [0.2, 0.25) is 0 Å². The molecule has 3 nitrogen and oxygen atoms in total. The molecule has 0 radical (unpaired) electrons. The van der Waals surface area contributed by atoms with Gasteiger partial charge in [-0.25, -0.2) is 0 Å². The van der Waals surface area contributed by atoms with Gasteiger partial charge in [-0.3, -0.25) is 4.79 Å². The van der Waals surface area contributed by atoms with E-state index in [9.17, 15) is 4.79 Å². The molecule has 0 aliphatic heterocycles. The van der Waals surface area contributed by atoms with Crippen LogP contribution in [0.15, 0.2) is 47.1 Å². The molecule has 2 aromatic rings. The van der Waals surface area contributed by atoms with Gasteiger partial charge in [0.25, 0.3) is 0 Å². The highest BCUT2D eigenvalue weighted by Crippen LogP contribution is 2.22. The van der Waals surface area contributed by atoms with Crippen molar-refractivity contribution in [1.82, 2.24) is 0 Å². The van der Waals surface area contributed by atoms with E-state index < -0.39 is 0 Å². The SMILES string of the molecule is CC(C)Oc1ccccc1C(=O)c1ccco1. The summed E-state index contributed by atoms with van der Waals surface area (Å²) in [7, 11) is 0. The fourth-order valence-electron chi connectivity index (χ4n) is 1.55. The molecule has 0 fully saturated rings. The molecule has 88 valence electrons. The molecule has 0 saturated carbocycles. The van der Waals surface area contributed by atoms with E-state index in [-0.39, 0.29) is 11.9 Å². The second kappa shape index (κ2) is 4.87. The van der Waals surface area contributed by atoms with E-state index in [0.29, 0.717) is 17.1 Å². The van der Waals surface area contributed by atoms with Crippen LogP contribution in [0.25, 0.3) is 0 Å². The van der Waals surface area contributed by atoms with Crippen LogP contribution in [0, 0.1) is 0 Å². The summed E-state index contributed by atoms with van der Waals surface area (Å²) in [4.78, 5) is 12.1. The lowest BCUT2D eigenvalue weighted by Crippen LogP contribution is -2.10. The van der Waals surface area contributed by atoms with Crippen molar-refractivity contribution in [3.8, 4) is 5.75 Å². The Morgan fingerprint density at radius 2 is 1.94 bits per heavy atom. The predicted molar refractivity (Wildman–Crippen MR) is 64.3 cm³/mol. The molecule has 0 amide bonds. The monoisotopic (exact) mass is 230 g/mol. The summed E-state index contributed by atoms with van der Waals surface area (Å²) >= 11 is 0. The average molecular weight is 230 g/mol. The summed E-state index contributed by atoms with van der Waals surface area (Å²) < 4.78 is 10.7. The van der Waals surface area contributed by atoms with Gasteiger partial charge in [0.1, 0.15) is 5.75 Å². The molecule has 0 spiro atoms. The minimum atomic E-state index is -0.161. The Balaban J connectivity index is 2.35. The minimum Gasteiger partial charge on any atom is -0.490 e. The van der Waals surface area contributed by atoms with Crippen molar-refractivity contribution in [2.45, 2.75) is 20.0 Å². The predicted octanol–water partition coefficient (Wildman–Crippen LogP) is 3.30. The summed E-state index contributed by atoms with van der Waals surface area (Å²) in [6.07, 6.45) is 1.51. The average Bonchev–Trinajstić information content (AvgIpc) is 2.81.